The first-order chi connectivity index (χ1) is 13.2. The second-order valence-electron chi connectivity index (χ2n) is 7.82. The molecule has 0 saturated carbocycles. The fourth-order valence-electron chi connectivity index (χ4n) is 4.27. The highest BCUT2D eigenvalue weighted by Gasteiger charge is 2.29. The Morgan fingerprint density at radius 2 is 1.67 bits per heavy atom. The monoisotopic (exact) mass is 374 g/mol. The highest BCUT2D eigenvalue weighted by Crippen LogP contribution is 2.18. The first-order valence-corrected chi connectivity index (χ1v) is 10.3. The summed E-state index contributed by atoms with van der Waals surface area (Å²) >= 11 is 0. The van der Waals surface area contributed by atoms with Crippen LogP contribution in [0, 0.1) is 0 Å². The Morgan fingerprint density at radius 1 is 0.926 bits per heavy atom. The summed E-state index contributed by atoms with van der Waals surface area (Å²) in [5, 5.41) is 10.6. The molecular formula is C19H30N6O2. The largest absolute Gasteiger partial charge is 0.342 e. The lowest BCUT2D eigenvalue weighted by Gasteiger charge is -2.35. The topological polar surface area (TPSA) is 84.6 Å². The van der Waals surface area contributed by atoms with Gasteiger partial charge in [-0.25, -0.2) is 0 Å². The second kappa shape index (κ2) is 8.39. The van der Waals surface area contributed by atoms with E-state index in [1.54, 1.807) is 0 Å². The van der Waals surface area contributed by atoms with Crippen LogP contribution in [0.2, 0.25) is 0 Å². The zero-order chi connectivity index (χ0) is 18.6. The number of piperazine rings is 1. The van der Waals surface area contributed by atoms with Crippen molar-refractivity contribution in [3.8, 4) is 0 Å². The van der Waals surface area contributed by atoms with Crippen LogP contribution in [0.25, 0.3) is 0 Å². The van der Waals surface area contributed by atoms with Gasteiger partial charge in [-0.3, -0.25) is 19.6 Å². The fraction of sp³-hybridized carbons (Fsp3) is 0.737. The first-order valence-electron chi connectivity index (χ1n) is 10.3. The number of amides is 2. The Labute approximate surface area is 160 Å². The number of nitrogens with zero attached hydrogens (tertiary/aromatic N) is 4. The normalized spacial score (nSPS) is 21.6. The maximum Gasteiger partial charge on any atom is 0.274 e. The van der Waals surface area contributed by atoms with Gasteiger partial charge in [-0.15, -0.1) is 0 Å². The van der Waals surface area contributed by atoms with Gasteiger partial charge in [-0.1, -0.05) is 12.8 Å². The van der Waals surface area contributed by atoms with E-state index in [0.29, 0.717) is 31.9 Å². The summed E-state index contributed by atoms with van der Waals surface area (Å²) in [6.45, 7) is 6.70. The van der Waals surface area contributed by atoms with Crippen LogP contribution in [0.3, 0.4) is 0 Å². The number of nitrogens with one attached hydrogen (secondary N) is 2. The first kappa shape index (κ1) is 18.4. The minimum atomic E-state index is 0.00898. The van der Waals surface area contributed by atoms with Crippen molar-refractivity contribution < 1.29 is 9.59 Å². The molecule has 3 aliphatic rings. The second-order valence-corrected chi connectivity index (χ2v) is 7.82. The number of carbonyl (C=O) groups excluding carboxylic acids is 2. The Balaban J connectivity index is 1.29. The number of aromatic amines is 1. The predicted molar refractivity (Wildman–Crippen MR) is 101 cm³/mol. The van der Waals surface area contributed by atoms with E-state index >= 15 is 0 Å². The van der Waals surface area contributed by atoms with E-state index < -0.39 is 0 Å². The fourth-order valence-corrected chi connectivity index (χ4v) is 4.27. The molecule has 0 atom stereocenters. The standard InChI is InChI=1S/C19H30N6O2/c26-17(24-7-3-1-2-4-8-24)14-23-9-11-25(12-10-23)19(27)18-15-13-20-6-5-16(15)21-22-18/h20H,1-14H2,(H,21,22). The molecular weight excluding hydrogens is 344 g/mol. The molecule has 0 spiro atoms. The number of hydrogen-bond donors (Lipinski definition) is 2. The van der Waals surface area contributed by atoms with Crippen molar-refractivity contribution in [2.75, 3.05) is 52.4 Å². The Morgan fingerprint density at radius 3 is 2.41 bits per heavy atom. The van der Waals surface area contributed by atoms with Crippen LogP contribution < -0.4 is 5.32 Å². The molecule has 0 aromatic carbocycles. The molecule has 2 saturated heterocycles. The number of aromatic nitrogens is 2. The number of carbonyl (C=O) groups is 2. The maximum absolute atomic E-state index is 12.9. The van der Waals surface area contributed by atoms with E-state index in [1.165, 1.54) is 12.8 Å². The molecule has 3 aliphatic heterocycles. The predicted octanol–water partition coefficient (Wildman–Crippen LogP) is 0.216. The van der Waals surface area contributed by atoms with Gasteiger partial charge < -0.3 is 15.1 Å². The van der Waals surface area contributed by atoms with Crippen molar-refractivity contribution in [3.63, 3.8) is 0 Å². The van der Waals surface area contributed by atoms with Gasteiger partial charge in [-0.05, 0) is 12.8 Å². The van der Waals surface area contributed by atoms with E-state index in [1.807, 2.05) is 9.80 Å². The number of likely N-dealkylation sites (tertiary alicyclic amines) is 1. The van der Waals surface area contributed by atoms with E-state index in [-0.39, 0.29) is 11.8 Å². The number of fused-ring (bicyclic) bond motifs is 1. The summed E-state index contributed by atoms with van der Waals surface area (Å²) in [6, 6.07) is 0. The minimum absolute atomic E-state index is 0.00898. The van der Waals surface area contributed by atoms with Crippen LogP contribution >= 0.6 is 0 Å². The van der Waals surface area contributed by atoms with Crippen molar-refractivity contribution in [2.45, 2.75) is 38.6 Å². The molecule has 0 bridgehead atoms. The smallest absolute Gasteiger partial charge is 0.274 e. The lowest BCUT2D eigenvalue weighted by molar-refractivity contribution is -0.132. The molecule has 148 valence electrons. The van der Waals surface area contributed by atoms with Crippen LogP contribution in [0.4, 0.5) is 0 Å². The van der Waals surface area contributed by atoms with Crippen molar-refractivity contribution in [1.82, 2.24) is 30.2 Å². The number of H-pyrrole nitrogens is 1. The lowest BCUT2D eigenvalue weighted by atomic mass is 10.1. The average Bonchev–Trinajstić information content (AvgIpc) is 2.93. The van der Waals surface area contributed by atoms with Crippen molar-refractivity contribution >= 4 is 11.8 Å². The molecule has 0 radical (unpaired) electrons. The summed E-state index contributed by atoms with van der Waals surface area (Å²) in [5.41, 5.74) is 2.66. The molecule has 1 aromatic heterocycles. The van der Waals surface area contributed by atoms with Crippen LogP contribution in [0.15, 0.2) is 0 Å². The molecule has 1 aromatic rings. The number of rotatable bonds is 3. The quantitative estimate of drug-likeness (QED) is 0.791. The highest BCUT2D eigenvalue weighted by molar-refractivity contribution is 5.94. The van der Waals surface area contributed by atoms with Crippen molar-refractivity contribution in [1.29, 1.82) is 0 Å². The summed E-state index contributed by atoms with van der Waals surface area (Å²) in [6.07, 6.45) is 5.60. The molecule has 4 heterocycles. The van der Waals surface area contributed by atoms with Gasteiger partial charge in [0.05, 0.1) is 6.54 Å². The molecule has 27 heavy (non-hydrogen) atoms. The zero-order valence-corrected chi connectivity index (χ0v) is 16.0. The van der Waals surface area contributed by atoms with Crippen molar-refractivity contribution in [2.24, 2.45) is 0 Å². The SMILES string of the molecule is O=C(CN1CCN(C(=O)c2n[nH]c3c2CNCC3)CC1)N1CCCCCC1. The van der Waals surface area contributed by atoms with Gasteiger partial charge in [0.25, 0.3) is 5.91 Å². The van der Waals surface area contributed by atoms with E-state index in [0.717, 1.165) is 63.2 Å². The molecule has 8 heteroatoms. The minimum Gasteiger partial charge on any atom is -0.342 e. The zero-order valence-electron chi connectivity index (χ0n) is 16.0. The van der Waals surface area contributed by atoms with Crippen LogP contribution in [-0.2, 0) is 17.8 Å². The van der Waals surface area contributed by atoms with Gasteiger partial charge in [-0.2, -0.15) is 5.10 Å². The number of hydrogen-bond acceptors (Lipinski definition) is 5. The van der Waals surface area contributed by atoms with Gasteiger partial charge in [0, 0.05) is 70.0 Å². The van der Waals surface area contributed by atoms with Gasteiger partial charge in [0.15, 0.2) is 5.69 Å². The maximum atomic E-state index is 12.9. The third-order valence-corrected chi connectivity index (χ3v) is 5.99. The molecule has 4 rings (SSSR count). The van der Waals surface area contributed by atoms with Crippen LogP contribution in [0.1, 0.15) is 47.4 Å². The average molecular weight is 374 g/mol. The third-order valence-electron chi connectivity index (χ3n) is 5.99. The summed E-state index contributed by atoms with van der Waals surface area (Å²) in [4.78, 5) is 31.5. The molecule has 0 aliphatic carbocycles. The summed E-state index contributed by atoms with van der Waals surface area (Å²) < 4.78 is 0. The van der Waals surface area contributed by atoms with Gasteiger partial charge >= 0.3 is 0 Å². The Kier molecular flexibility index (Phi) is 5.73. The molecule has 2 fully saturated rings. The molecule has 0 unspecified atom stereocenters. The van der Waals surface area contributed by atoms with Crippen LogP contribution in [0.5, 0.6) is 0 Å². The summed E-state index contributed by atoms with van der Waals surface area (Å²) in [7, 11) is 0. The Hall–Kier alpha value is -1.93. The molecule has 2 amide bonds. The molecule has 2 N–H and O–H groups in total. The lowest BCUT2D eigenvalue weighted by Crippen LogP contribution is -2.51. The summed E-state index contributed by atoms with van der Waals surface area (Å²) in [5.74, 6) is 0.249. The van der Waals surface area contributed by atoms with Crippen LogP contribution in [-0.4, -0.2) is 89.1 Å². The Bertz CT molecular complexity index is 672. The van der Waals surface area contributed by atoms with E-state index in [9.17, 15) is 9.59 Å². The highest BCUT2D eigenvalue weighted by atomic mass is 16.2. The van der Waals surface area contributed by atoms with Gasteiger partial charge in [0.1, 0.15) is 0 Å². The van der Waals surface area contributed by atoms with Gasteiger partial charge in [0.2, 0.25) is 5.91 Å². The van der Waals surface area contributed by atoms with Crippen molar-refractivity contribution in [3.05, 3.63) is 17.0 Å². The molecule has 8 nitrogen and oxygen atoms in total. The van der Waals surface area contributed by atoms with E-state index in [2.05, 4.69) is 20.4 Å². The van der Waals surface area contributed by atoms with E-state index in [4.69, 9.17) is 0 Å². The third kappa shape index (κ3) is 4.16.